The van der Waals surface area contributed by atoms with E-state index in [2.05, 4.69) is 4.90 Å². The van der Waals surface area contributed by atoms with E-state index >= 15 is 0 Å². The van der Waals surface area contributed by atoms with Gasteiger partial charge in [0.2, 0.25) is 0 Å². The standard InChI is InChI=1S/C11H13FN2OS2/c12-8-1-2-10(9(7-8)11(13)16)14-3-5-17(15)6-4-14/h1-2,7H,3-6H2,(H2,13,16). The van der Waals surface area contributed by atoms with Crippen molar-refractivity contribution < 1.29 is 8.60 Å². The van der Waals surface area contributed by atoms with Gasteiger partial charge in [-0.05, 0) is 18.2 Å². The van der Waals surface area contributed by atoms with E-state index in [1.165, 1.54) is 12.1 Å². The van der Waals surface area contributed by atoms with Gasteiger partial charge in [0.1, 0.15) is 10.8 Å². The maximum atomic E-state index is 13.2. The smallest absolute Gasteiger partial charge is 0.124 e. The van der Waals surface area contributed by atoms with Gasteiger partial charge in [-0.15, -0.1) is 0 Å². The molecule has 1 heterocycles. The zero-order valence-corrected chi connectivity index (χ0v) is 10.8. The molecule has 0 unspecified atom stereocenters. The fourth-order valence-electron chi connectivity index (χ4n) is 1.86. The van der Waals surface area contributed by atoms with Gasteiger partial charge in [-0.25, -0.2) is 4.39 Å². The number of nitrogens with two attached hydrogens (primary N) is 1. The Balaban J connectivity index is 2.31. The molecule has 3 nitrogen and oxygen atoms in total. The molecule has 0 atom stereocenters. The molecule has 17 heavy (non-hydrogen) atoms. The van der Waals surface area contributed by atoms with Gasteiger partial charge in [0, 0.05) is 46.6 Å². The van der Waals surface area contributed by atoms with Crippen LogP contribution in [0.1, 0.15) is 5.56 Å². The second-order valence-electron chi connectivity index (χ2n) is 3.86. The van der Waals surface area contributed by atoms with Crippen LogP contribution < -0.4 is 10.6 Å². The molecule has 1 aliphatic rings. The minimum absolute atomic E-state index is 0.186. The molecule has 0 saturated carbocycles. The number of thiocarbonyl (C=S) groups is 1. The van der Waals surface area contributed by atoms with Crippen LogP contribution in [0.3, 0.4) is 0 Å². The Kier molecular flexibility index (Phi) is 3.73. The lowest BCUT2D eigenvalue weighted by Crippen LogP contribution is -2.38. The van der Waals surface area contributed by atoms with E-state index in [1.54, 1.807) is 6.07 Å². The van der Waals surface area contributed by atoms with Crippen molar-refractivity contribution in [1.82, 2.24) is 0 Å². The summed E-state index contributed by atoms with van der Waals surface area (Å²) in [7, 11) is -0.736. The van der Waals surface area contributed by atoms with Crippen LogP contribution in [-0.2, 0) is 10.8 Å². The van der Waals surface area contributed by atoms with Crippen LogP contribution in [-0.4, -0.2) is 33.8 Å². The summed E-state index contributed by atoms with van der Waals surface area (Å²) in [5, 5.41) is 0. The molecule has 0 aliphatic carbocycles. The first-order valence-corrected chi connectivity index (χ1v) is 7.17. The van der Waals surface area contributed by atoms with Gasteiger partial charge >= 0.3 is 0 Å². The molecule has 1 saturated heterocycles. The molecule has 1 aromatic carbocycles. The highest BCUT2D eigenvalue weighted by Crippen LogP contribution is 2.23. The average molecular weight is 272 g/mol. The molecular formula is C11H13FN2OS2. The molecule has 0 spiro atoms. The molecule has 1 fully saturated rings. The van der Waals surface area contributed by atoms with Crippen LogP contribution in [0.5, 0.6) is 0 Å². The van der Waals surface area contributed by atoms with Gasteiger partial charge in [-0.3, -0.25) is 4.21 Å². The van der Waals surface area contributed by atoms with Crippen molar-refractivity contribution in [1.29, 1.82) is 0 Å². The van der Waals surface area contributed by atoms with E-state index in [9.17, 15) is 8.60 Å². The van der Waals surface area contributed by atoms with E-state index in [0.717, 1.165) is 5.69 Å². The van der Waals surface area contributed by atoms with Crippen LogP contribution in [0.4, 0.5) is 10.1 Å². The van der Waals surface area contributed by atoms with Gasteiger partial charge in [-0.2, -0.15) is 0 Å². The summed E-state index contributed by atoms with van der Waals surface area (Å²) in [6, 6.07) is 4.42. The SMILES string of the molecule is NC(=S)c1cc(F)ccc1N1CCS(=O)CC1. The van der Waals surface area contributed by atoms with E-state index in [4.69, 9.17) is 18.0 Å². The third-order valence-electron chi connectivity index (χ3n) is 2.74. The number of nitrogens with zero attached hydrogens (tertiary/aromatic N) is 1. The monoisotopic (exact) mass is 272 g/mol. The van der Waals surface area contributed by atoms with Crippen molar-refractivity contribution in [3.63, 3.8) is 0 Å². The Morgan fingerprint density at radius 1 is 1.41 bits per heavy atom. The second-order valence-corrected chi connectivity index (χ2v) is 6.00. The normalized spacial score (nSPS) is 17.1. The third kappa shape index (κ3) is 2.81. The van der Waals surface area contributed by atoms with Gasteiger partial charge in [-0.1, -0.05) is 12.2 Å². The molecule has 1 aromatic rings. The third-order valence-corrected chi connectivity index (χ3v) is 4.24. The largest absolute Gasteiger partial charge is 0.389 e. The molecule has 2 rings (SSSR count). The Hall–Kier alpha value is -1.01. The minimum Gasteiger partial charge on any atom is -0.389 e. The first-order valence-electron chi connectivity index (χ1n) is 5.27. The summed E-state index contributed by atoms with van der Waals surface area (Å²) in [6.07, 6.45) is 0. The number of benzene rings is 1. The second kappa shape index (κ2) is 5.10. The van der Waals surface area contributed by atoms with Gasteiger partial charge in [0.15, 0.2) is 0 Å². The summed E-state index contributed by atoms with van der Waals surface area (Å²) in [5.74, 6) is 0.916. The van der Waals surface area contributed by atoms with Crippen molar-refractivity contribution in [3.8, 4) is 0 Å². The summed E-state index contributed by atoms with van der Waals surface area (Å²) in [4.78, 5) is 2.24. The fourth-order valence-corrected chi connectivity index (χ4v) is 3.08. The van der Waals surface area contributed by atoms with Gasteiger partial charge in [0.25, 0.3) is 0 Å². The predicted molar refractivity (Wildman–Crippen MR) is 72.4 cm³/mol. The van der Waals surface area contributed by atoms with E-state index < -0.39 is 10.8 Å². The van der Waals surface area contributed by atoms with Crippen molar-refractivity contribution in [2.75, 3.05) is 29.5 Å². The first-order chi connectivity index (χ1) is 8.08. The minimum atomic E-state index is -0.736. The Morgan fingerprint density at radius 3 is 2.65 bits per heavy atom. The number of rotatable bonds is 2. The summed E-state index contributed by atoms with van der Waals surface area (Å²) < 4.78 is 24.4. The molecule has 2 N–H and O–H groups in total. The van der Waals surface area contributed by atoms with E-state index in [0.29, 0.717) is 30.2 Å². The van der Waals surface area contributed by atoms with Crippen molar-refractivity contribution >= 4 is 33.7 Å². The summed E-state index contributed by atoms with van der Waals surface area (Å²) in [6.45, 7) is 1.38. The Bertz CT molecular complexity index is 469. The maximum absolute atomic E-state index is 13.2. The van der Waals surface area contributed by atoms with Crippen LogP contribution in [0.15, 0.2) is 18.2 Å². The summed E-state index contributed by atoms with van der Waals surface area (Å²) >= 11 is 4.93. The molecule has 6 heteroatoms. The Morgan fingerprint density at radius 2 is 2.06 bits per heavy atom. The molecular weight excluding hydrogens is 259 g/mol. The zero-order valence-electron chi connectivity index (χ0n) is 9.19. The van der Waals surface area contributed by atoms with Gasteiger partial charge in [0.05, 0.1) is 0 Å². The maximum Gasteiger partial charge on any atom is 0.124 e. The lowest BCUT2D eigenvalue weighted by atomic mass is 10.1. The molecule has 92 valence electrons. The highest BCUT2D eigenvalue weighted by molar-refractivity contribution is 7.85. The first kappa shape index (κ1) is 12.4. The number of hydrogen-bond donors (Lipinski definition) is 1. The molecule has 0 aromatic heterocycles. The van der Waals surface area contributed by atoms with E-state index in [-0.39, 0.29) is 10.8 Å². The number of halogens is 1. The Labute approximate surface area is 107 Å². The topological polar surface area (TPSA) is 46.3 Å². The molecule has 0 bridgehead atoms. The van der Waals surface area contributed by atoms with Crippen LogP contribution >= 0.6 is 12.2 Å². The van der Waals surface area contributed by atoms with Crippen LogP contribution in [0, 0.1) is 5.82 Å². The molecule has 1 aliphatic heterocycles. The quantitative estimate of drug-likeness (QED) is 0.817. The van der Waals surface area contributed by atoms with Crippen molar-refractivity contribution in [2.24, 2.45) is 5.73 Å². The molecule has 0 amide bonds. The number of anilines is 1. The molecule has 0 radical (unpaired) electrons. The summed E-state index contributed by atoms with van der Waals surface area (Å²) in [5.41, 5.74) is 6.97. The fraction of sp³-hybridized carbons (Fsp3) is 0.364. The van der Waals surface area contributed by atoms with E-state index in [1.807, 2.05) is 0 Å². The lowest BCUT2D eigenvalue weighted by Gasteiger charge is -2.30. The van der Waals surface area contributed by atoms with Gasteiger partial charge < -0.3 is 10.6 Å². The lowest BCUT2D eigenvalue weighted by molar-refractivity contribution is 0.627. The average Bonchev–Trinajstić information content (AvgIpc) is 2.30. The van der Waals surface area contributed by atoms with Crippen LogP contribution in [0.25, 0.3) is 0 Å². The predicted octanol–water partition coefficient (Wildman–Crippen LogP) is 1.03. The van der Waals surface area contributed by atoms with Crippen LogP contribution in [0.2, 0.25) is 0 Å². The highest BCUT2D eigenvalue weighted by Gasteiger charge is 2.19. The highest BCUT2D eigenvalue weighted by atomic mass is 32.2. The zero-order chi connectivity index (χ0) is 12.4. The number of hydrogen-bond acceptors (Lipinski definition) is 3. The van der Waals surface area contributed by atoms with Crippen molar-refractivity contribution in [2.45, 2.75) is 0 Å². The van der Waals surface area contributed by atoms with Crippen molar-refractivity contribution in [3.05, 3.63) is 29.6 Å².